The highest BCUT2D eigenvalue weighted by Gasteiger charge is 2.21. The molecule has 0 spiro atoms. The van der Waals surface area contributed by atoms with Crippen molar-refractivity contribution in [2.45, 2.75) is 13.0 Å². The zero-order chi connectivity index (χ0) is 19.5. The lowest BCUT2D eigenvalue weighted by Gasteiger charge is -2.22. The van der Waals surface area contributed by atoms with Crippen LogP contribution in [-0.4, -0.2) is 22.2 Å². The number of methoxy groups -OCH3 is 1. The number of anilines is 1. The normalized spacial score (nSPS) is 11.9. The molecule has 0 fully saturated rings. The molecule has 2 heterocycles. The third-order valence-corrected chi connectivity index (χ3v) is 4.70. The molecular formula is C23H21N3O2. The molecule has 0 bridgehead atoms. The van der Waals surface area contributed by atoms with Gasteiger partial charge >= 0.3 is 0 Å². The Morgan fingerprint density at radius 1 is 1.00 bits per heavy atom. The molecule has 1 atom stereocenters. The number of nitrogens with one attached hydrogen (secondary N) is 1. The van der Waals surface area contributed by atoms with Gasteiger partial charge in [0.15, 0.2) is 0 Å². The number of ether oxygens (including phenoxy) is 1. The maximum atomic E-state index is 11.0. The quantitative estimate of drug-likeness (QED) is 0.525. The lowest BCUT2D eigenvalue weighted by molar-refractivity contribution is 0.414. The molecule has 28 heavy (non-hydrogen) atoms. The van der Waals surface area contributed by atoms with E-state index in [0.29, 0.717) is 5.52 Å². The van der Waals surface area contributed by atoms with E-state index < -0.39 is 0 Å². The summed E-state index contributed by atoms with van der Waals surface area (Å²) in [6, 6.07) is 21.0. The number of hydrogen-bond acceptors (Lipinski definition) is 5. The molecule has 4 aromatic rings. The molecule has 2 N–H and O–H groups in total. The Labute approximate surface area is 163 Å². The van der Waals surface area contributed by atoms with Crippen LogP contribution in [0, 0.1) is 6.92 Å². The number of phenols is 1. The lowest BCUT2D eigenvalue weighted by Crippen LogP contribution is -2.14. The van der Waals surface area contributed by atoms with Gasteiger partial charge < -0.3 is 15.2 Å². The van der Waals surface area contributed by atoms with Crippen molar-refractivity contribution in [1.29, 1.82) is 0 Å². The van der Waals surface area contributed by atoms with E-state index in [9.17, 15) is 5.11 Å². The zero-order valence-electron chi connectivity index (χ0n) is 15.8. The number of benzene rings is 2. The number of pyridine rings is 2. The fourth-order valence-corrected chi connectivity index (χ4v) is 3.31. The maximum absolute atomic E-state index is 11.0. The van der Waals surface area contributed by atoms with Crippen molar-refractivity contribution < 1.29 is 9.84 Å². The second-order valence-corrected chi connectivity index (χ2v) is 6.60. The molecule has 0 saturated carbocycles. The predicted octanol–water partition coefficient (Wildman–Crippen LogP) is 4.85. The summed E-state index contributed by atoms with van der Waals surface area (Å²) >= 11 is 0. The van der Waals surface area contributed by atoms with Gasteiger partial charge in [0.05, 0.1) is 13.2 Å². The third-order valence-electron chi connectivity index (χ3n) is 4.70. The number of fused-ring (bicyclic) bond motifs is 1. The van der Waals surface area contributed by atoms with Crippen molar-refractivity contribution in [3.63, 3.8) is 0 Å². The van der Waals surface area contributed by atoms with E-state index >= 15 is 0 Å². The van der Waals surface area contributed by atoms with Crippen LogP contribution < -0.4 is 10.1 Å². The summed E-state index contributed by atoms with van der Waals surface area (Å²) in [4.78, 5) is 8.91. The second-order valence-electron chi connectivity index (χ2n) is 6.60. The predicted molar refractivity (Wildman–Crippen MR) is 111 cm³/mol. The number of rotatable bonds is 5. The number of hydrogen-bond donors (Lipinski definition) is 2. The van der Waals surface area contributed by atoms with Crippen molar-refractivity contribution in [3.05, 3.63) is 89.7 Å². The highest BCUT2D eigenvalue weighted by atomic mass is 16.5. The van der Waals surface area contributed by atoms with Gasteiger partial charge in [0.1, 0.15) is 22.8 Å². The molecule has 1 unspecified atom stereocenters. The van der Waals surface area contributed by atoms with E-state index in [-0.39, 0.29) is 11.8 Å². The highest BCUT2D eigenvalue weighted by molar-refractivity contribution is 5.86. The van der Waals surface area contributed by atoms with Crippen molar-refractivity contribution in [1.82, 2.24) is 9.97 Å². The van der Waals surface area contributed by atoms with Crippen LogP contribution in [0.15, 0.2) is 72.9 Å². The van der Waals surface area contributed by atoms with Crippen LogP contribution in [0.25, 0.3) is 10.9 Å². The van der Waals surface area contributed by atoms with Crippen LogP contribution in [0.3, 0.4) is 0 Å². The summed E-state index contributed by atoms with van der Waals surface area (Å²) in [6.07, 6.45) is 1.68. The van der Waals surface area contributed by atoms with Gasteiger partial charge in [-0.15, -0.1) is 0 Å². The van der Waals surface area contributed by atoms with Crippen LogP contribution >= 0.6 is 0 Å². The smallest absolute Gasteiger partial charge is 0.147 e. The molecule has 0 aliphatic rings. The first-order valence-corrected chi connectivity index (χ1v) is 9.06. The van der Waals surface area contributed by atoms with Crippen molar-refractivity contribution in [3.8, 4) is 11.5 Å². The molecule has 140 valence electrons. The third kappa shape index (κ3) is 3.47. The van der Waals surface area contributed by atoms with E-state index in [2.05, 4.69) is 15.3 Å². The largest absolute Gasteiger partial charge is 0.505 e. The van der Waals surface area contributed by atoms with Gasteiger partial charge in [-0.25, -0.2) is 4.98 Å². The molecule has 0 radical (unpaired) electrons. The second kappa shape index (κ2) is 7.56. The van der Waals surface area contributed by atoms with Gasteiger partial charge in [-0.1, -0.05) is 36.4 Å². The Kier molecular flexibility index (Phi) is 4.81. The van der Waals surface area contributed by atoms with E-state index in [1.54, 1.807) is 13.3 Å². The average molecular weight is 371 g/mol. The highest BCUT2D eigenvalue weighted by Crippen LogP contribution is 2.37. The molecule has 4 rings (SSSR count). The molecule has 2 aromatic heterocycles. The number of aryl methyl sites for hydroxylation is 1. The Bertz CT molecular complexity index is 1130. The minimum absolute atomic E-state index is 0.158. The summed E-state index contributed by atoms with van der Waals surface area (Å²) in [5.41, 5.74) is 3.17. The van der Waals surface area contributed by atoms with E-state index in [1.807, 2.05) is 73.7 Å². The van der Waals surface area contributed by atoms with Gasteiger partial charge in [-0.3, -0.25) is 4.98 Å². The van der Waals surface area contributed by atoms with E-state index in [0.717, 1.165) is 33.8 Å². The van der Waals surface area contributed by atoms with Crippen LogP contribution in [-0.2, 0) is 0 Å². The number of phenolic OH excluding ortho intramolecular Hbond substituents is 1. The van der Waals surface area contributed by atoms with Gasteiger partial charge in [0, 0.05) is 22.8 Å². The van der Waals surface area contributed by atoms with Crippen molar-refractivity contribution in [2.24, 2.45) is 0 Å². The van der Waals surface area contributed by atoms with E-state index in [1.165, 1.54) is 0 Å². The van der Waals surface area contributed by atoms with Crippen molar-refractivity contribution >= 4 is 16.7 Å². The van der Waals surface area contributed by atoms with Gasteiger partial charge in [0.25, 0.3) is 0 Å². The standard InChI is InChI=1S/C23H21N3O2/c1-15-6-3-10-20(25-15)26-21(17-7-4-9-18(14-17)28-2)19-12-11-16-8-5-13-24-22(16)23(19)27/h3-14,21,27H,1-2H3,(H,25,26). The first-order chi connectivity index (χ1) is 13.7. The summed E-state index contributed by atoms with van der Waals surface area (Å²) in [5.74, 6) is 1.64. The Morgan fingerprint density at radius 3 is 2.68 bits per heavy atom. The fraction of sp³-hybridized carbons (Fsp3) is 0.130. The molecule has 5 nitrogen and oxygen atoms in total. The van der Waals surface area contributed by atoms with Crippen LogP contribution in [0.5, 0.6) is 11.5 Å². The Morgan fingerprint density at radius 2 is 1.86 bits per heavy atom. The van der Waals surface area contributed by atoms with Gasteiger partial charge in [-0.05, 0) is 42.8 Å². The monoisotopic (exact) mass is 371 g/mol. The van der Waals surface area contributed by atoms with Gasteiger partial charge in [0.2, 0.25) is 0 Å². The molecular weight excluding hydrogens is 350 g/mol. The topological polar surface area (TPSA) is 67.3 Å². The molecule has 2 aromatic carbocycles. The molecule has 0 aliphatic heterocycles. The minimum atomic E-state index is -0.323. The number of aromatic nitrogens is 2. The Hall–Kier alpha value is -3.60. The van der Waals surface area contributed by atoms with E-state index in [4.69, 9.17) is 4.74 Å². The van der Waals surface area contributed by atoms with Crippen LogP contribution in [0.2, 0.25) is 0 Å². The van der Waals surface area contributed by atoms with Crippen molar-refractivity contribution in [2.75, 3.05) is 12.4 Å². The summed E-state index contributed by atoms with van der Waals surface area (Å²) < 4.78 is 5.39. The lowest BCUT2D eigenvalue weighted by atomic mass is 9.96. The van der Waals surface area contributed by atoms with Gasteiger partial charge in [-0.2, -0.15) is 0 Å². The molecule has 0 amide bonds. The number of aromatic hydroxyl groups is 1. The molecule has 0 saturated heterocycles. The summed E-state index contributed by atoms with van der Waals surface area (Å²) in [6.45, 7) is 1.95. The summed E-state index contributed by atoms with van der Waals surface area (Å²) in [5, 5.41) is 15.3. The maximum Gasteiger partial charge on any atom is 0.147 e. The van der Waals surface area contributed by atoms with Crippen LogP contribution in [0.4, 0.5) is 5.82 Å². The first kappa shape index (κ1) is 17.8. The summed E-state index contributed by atoms with van der Waals surface area (Å²) in [7, 11) is 1.64. The average Bonchev–Trinajstić information content (AvgIpc) is 2.73. The first-order valence-electron chi connectivity index (χ1n) is 9.06. The molecule has 5 heteroatoms. The Balaban J connectivity index is 1.86. The van der Waals surface area contributed by atoms with Crippen LogP contribution in [0.1, 0.15) is 22.9 Å². The fourth-order valence-electron chi connectivity index (χ4n) is 3.31. The zero-order valence-corrected chi connectivity index (χ0v) is 15.8. The minimum Gasteiger partial charge on any atom is -0.505 e. The molecule has 0 aliphatic carbocycles. The number of nitrogens with zero attached hydrogens (tertiary/aromatic N) is 2. The SMILES string of the molecule is COc1cccc(C(Nc2cccc(C)n2)c2ccc3cccnc3c2O)c1.